The van der Waals surface area contributed by atoms with Crippen molar-refractivity contribution in [3.63, 3.8) is 0 Å². The van der Waals surface area contributed by atoms with Crippen LogP contribution in [0, 0.1) is 0 Å². The summed E-state index contributed by atoms with van der Waals surface area (Å²) in [7, 11) is 0. The van der Waals surface area contributed by atoms with Gasteiger partial charge in [-0.05, 0) is 19.8 Å². The Morgan fingerprint density at radius 2 is 2.11 bits per heavy atom. The molecule has 0 unspecified atom stereocenters. The summed E-state index contributed by atoms with van der Waals surface area (Å²) in [6.07, 6.45) is 3.03. The number of morpholine rings is 1. The molecule has 2 heterocycles. The van der Waals surface area contributed by atoms with Gasteiger partial charge in [0, 0.05) is 38.7 Å². The lowest BCUT2D eigenvalue weighted by atomic mass is 10.0. The SMILES string of the molecule is C[C@@H]1C[C@@H](NCCC(=O)N2CCOCC2)CCO1. The molecule has 0 radical (unpaired) electrons. The largest absolute Gasteiger partial charge is 0.378 e. The fraction of sp³-hybridized carbons (Fsp3) is 0.923. The second-order valence-corrected chi connectivity index (χ2v) is 5.10. The zero-order valence-electron chi connectivity index (χ0n) is 11.2. The summed E-state index contributed by atoms with van der Waals surface area (Å²) in [6, 6.07) is 0.506. The molecule has 1 amide bonds. The van der Waals surface area contributed by atoms with E-state index in [4.69, 9.17) is 9.47 Å². The highest BCUT2D eigenvalue weighted by Crippen LogP contribution is 2.13. The molecule has 0 aromatic rings. The first kappa shape index (κ1) is 13.8. The average molecular weight is 256 g/mol. The maximum absolute atomic E-state index is 11.9. The first-order valence-corrected chi connectivity index (χ1v) is 6.96. The van der Waals surface area contributed by atoms with Crippen molar-refractivity contribution in [2.75, 3.05) is 39.5 Å². The molecule has 2 atom stereocenters. The van der Waals surface area contributed by atoms with Crippen molar-refractivity contribution in [1.29, 1.82) is 0 Å². The normalized spacial score (nSPS) is 29.3. The van der Waals surface area contributed by atoms with Crippen LogP contribution in [0.15, 0.2) is 0 Å². The van der Waals surface area contributed by atoms with E-state index in [-0.39, 0.29) is 5.91 Å². The first-order valence-electron chi connectivity index (χ1n) is 6.96. The molecule has 5 heteroatoms. The Kier molecular flexibility index (Phi) is 5.41. The second-order valence-electron chi connectivity index (χ2n) is 5.10. The van der Waals surface area contributed by atoms with Crippen molar-refractivity contribution in [3.8, 4) is 0 Å². The van der Waals surface area contributed by atoms with Crippen LogP contribution < -0.4 is 5.32 Å². The molecule has 5 nitrogen and oxygen atoms in total. The third kappa shape index (κ3) is 4.23. The maximum atomic E-state index is 11.9. The van der Waals surface area contributed by atoms with Crippen LogP contribution in [0.2, 0.25) is 0 Å². The minimum atomic E-state index is 0.242. The van der Waals surface area contributed by atoms with Crippen LogP contribution in [0.5, 0.6) is 0 Å². The molecule has 2 saturated heterocycles. The van der Waals surface area contributed by atoms with Crippen molar-refractivity contribution in [2.24, 2.45) is 0 Å². The molecule has 0 aliphatic carbocycles. The highest BCUT2D eigenvalue weighted by atomic mass is 16.5. The Labute approximate surface area is 109 Å². The van der Waals surface area contributed by atoms with Gasteiger partial charge in [-0.1, -0.05) is 0 Å². The van der Waals surface area contributed by atoms with Gasteiger partial charge in [-0.3, -0.25) is 4.79 Å². The zero-order valence-corrected chi connectivity index (χ0v) is 11.2. The highest BCUT2D eigenvalue weighted by molar-refractivity contribution is 5.76. The Morgan fingerprint density at radius 3 is 2.83 bits per heavy atom. The molecule has 18 heavy (non-hydrogen) atoms. The number of carbonyl (C=O) groups is 1. The average Bonchev–Trinajstić information content (AvgIpc) is 2.40. The zero-order chi connectivity index (χ0) is 12.8. The van der Waals surface area contributed by atoms with Gasteiger partial charge in [0.2, 0.25) is 5.91 Å². The minimum absolute atomic E-state index is 0.242. The Bertz CT molecular complexity index is 267. The van der Waals surface area contributed by atoms with Crippen molar-refractivity contribution in [2.45, 2.75) is 38.3 Å². The Hall–Kier alpha value is -0.650. The van der Waals surface area contributed by atoms with Crippen LogP contribution in [0.4, 0.5) is 0 Å². The van der Waals surface area contributed by atoms with Gasteiger partial charge in [0.15, 0.2) is 0 Å². The van der Waals surface area contributed by atoms with Crippen molar-refractivity contribution < 1.29 is 14.3 Å². The van der Waals surface area contributed by atoms with E-state index >= 15 is 0 Å². The van der Waals surface area contributed by atoms with Crippen LogP contribution >= 0.6 is 0 Å². The van der Waals surface area contributed by atoms with E-state index in [9.17, 15) is 4.79 Å². The summed E-state index contributed by atoms with van der Waals surface area (Å²) in [6.45, 7) is 6.55. The molecule has 0 aromatic heterocycles. The monoisotopic (exact) mass is 256 g/mol. The molecule has 0 bridgehead atoms. The number of rotatable bonds is 4. The predicted octanol–water partition coefficient (Wildman–Crippen LogP) is 0.392. The smallest absolute Gasteiger partial charge is 0.224 e. The molecular weight excluding hydrogens is 232 g/mol. The van der Waals surface area contributed by atoms with E-state index in [1.807, 2.05) is 4.90 Å². The third-order valence-corrected chi connectivity index (χ3v) is 3.62. The van der Waals surface area contributed by atoms with E-state index in [0.717, 1.165) is 39.1 Å². The lowest BCUT2D eigenvalue weighted by Gasteiger charge is -2.29. The summed E-state index contributed by atoms with van der Waals surface area (Å²) >= 11 is 0. The van der Waals surface area contributed by atoms with Crippen LogP contribution in [-0.4, -0.2) is 62.4 Å². The number of nitrogens with zero attached hydrogens (tertiary/aromatic N) is 1. The van der Waals surface area contributed by atoms with E-state index in [1.165, 1.54) is 0 Å². The van der Waals surface area contributed by atoms with Gasteiger partial charge in [0.05, 0.1) is 19.3 Å². The van der Waals surface area contributed by atoms with Crippen molar-refractivity contribution >= 4 is 5.91 Å². The fourth-order valence-corrected chi connectivity index (χ4v) is 2.54. The summed E-state index contributed by atoms with van der Waals surface area (Å²) in [5.41, 5.74) is 0. The summed E-state index contributed by atoms with van der Waals surface area (Å²) in [5, 5.41) is 3.46. The van der Waals surface area contributed by atoms with Gasteiger partial charge >= 0.3 is 0 Å². The van der Waals surface area contributed by atoms with Gasteiger partial charge in [0.1, 0.15) is 0 Å². The quantitative estimate of drug-likeness (QED) is 0.790. The fourth-order valence-electron chi connectivity index (χ4n) is 2.54. The van der Waals surface area contributed by atoms with Crippen LogP contribution in [-0.2, 0) is 14.3 Å². The number of carbonyl (C=O) groups excluding carboxylic acids is 1. The van der Waals surface area contributed by atoms with Crippen LogP contribution in [0.3, 0.4) is 0 Å². The van der Waals surface area contributed by atoms with Crippen molar-refractivity contribution in [3.05, 3.63) is 0 Å². The number of nitrogens with one attached hydrogen (secondary N) is 1. The molecule has 0 aromatic carbocycles. The predicted molar refractivity (Wildman–Crippen MR) is 68.5 cm³/mol. The van der Waals surface area contributed by atoms with E-state index in [0.29, 0.717) is 31.8 Å². The number of ether oxygens (including phenoxy) is 2. The molecule has 2 aliphatic rings. The van der Waals surface area contributed by atoms with E-state index in [2.05, 4.69) is 12.2 Å². The lowest BCUT2D eigenvalue weighted by Crippen LogP contribution is -2.43. The summed E-state index contributed by atoms with van der Waals surface area (Å²) in [4.78, 5) is 13.8. The molecule has 2 fully saturated rings. The number of amides is 1. The molecule has 2 rings (SSSR count). The summed E-state index contributed by atoms with van der Waals surface area (Å²) < 4.78 is 10.7. The van der Waals surface area contributed by atoms with Gasteiger partial charge in [0.25, 0.3) is 0 Å². The van der Waals surface area contributed by atoms with Crippen molar-refractivity contribution in [1.82, 2.24) is 10.2 Å². The Balaban J connectivity index is 1.60. The van der Waals surface area contributed by atoms with Crippen LogP contribution in [0.25, 0.3) is 0 Å². The Morgan fingerprint density at radius 1 is 1.33 bits per heavy atom. The van der Waals surface area contributed by atoms with Gasteiger partial charge < -0.3 is 19.7 Å². The number of hydrogen-bond donors (Lipinski definition) is 1. The molecule has 1 N–H and O–H groups in total. The standard InChI is InChI=1S/C13H24N2O3/c1-11-10-12(3-7-18-11)14-4-2-13(16)15-5-8-17-9-6-15/h11-12,14H,2-10H2,1H3/t11-,12+/m1/s1. The summed E-state index contributed by atoms with van der Waals surface area (Å²) in [5.74, 6) is 0.242. The van der Waals surface area contributed by atoms with E-state index in [1.54, 1.807) is 0 Å². The third-order valence-electron chi connectivity index (χ3n) is 3.62. The van der Waals surface area contributed by atoms with Gasteiger partial charge in [-0.25, -0.2) is 0 Å². The van der Waals surface area contributed by atoms with Gasteiger partial charge in [-0.15, -0.1) is 0 Å². The molecule has 0 saturated carbocycles. The topological polar surface area (TPSA) is 50.8 Å². The second kappa shape index (κ2) is 7.07. The van der Waals surface area contributed by atoms with E-state index < -0.39 is 0 Å². The highest BCUT2D eigenvalue weighted by Gasteiger charge is 2.20. The lowest BCUT2D eigenvalue weighted by molar-refractivity contribution is -0.135. The van der Waals surface area contributed by atoms with Gasteiger partial charge in [-0.2, -0.15) is 0 Å². The molecule has 104 valence electrons. The molecule has 0 spiro atoms. The minimum Gasteiger partial charge on any atom is -0.378 e. The van der Waals surface area contributed by atoms with Crippen LogP contribution in [0.1, 0.15) is 26.2 Å². The maximum Gasteiger partial charge on any atom is 0.224 e. The first-order chi connectivity index (χ1) is 8.75. The number of hydrogen-bond acceptors (Lipinski definition) is 4. The molecular formula is C13H24N2O3. The molecule has 2 aliphatic heterocycles.